The lowest BCUT2D eigenvalue weighted by Gasteiger charge is -2.61. The van der Waals surface area contributed by atoms with Crippen LogP contribution in [0, 0.1) is 25.6 Å². The highest BCUT2D eigenvalue weighted by atomic mass is 35.5. The number of esters is 1. The van der Waals surface area contributed by atoms with Crippen LogP contribution in [0.5, 0.6) is 0 Å². The number of likely N-dealkylation sites (tertiary alicyclic amines) is 1. The van der Waals surface area contributed by atoms with Crippen LogP contribution >= 0.6 is 23.4 Å². The highest BCUT2D eigenvalue weighted by molar-refractivity contribution is 8.15. The fourth-order valence-electron chi connectivity index (χ4n) is 5.04. The van der Waals surface area contributed by atoms with Crippen LogP contribution in [0.25, 0.3) is 0 Å². The first kappa shape index (κ1) is 38.4. The minimum atomic E-state index is -1.74. The molecule has 1 radical (unpaired) electrons. The number of ether oxygens (including phenoxy) is 3. The van der Waals surface area contributed by atoms with Gasteiger partial charge in [-0.3, -0.25) is 29.8 Å². The van der Waals surface area contributed by atoms with Crippen LogP contribution in [0.4, 0.5) is 16.2 Å². The Hall–Kier alpha value is -4.06. The Bertz CT molecular complexity index is 1540. The molecule has 1 aliphatic heterocycles. The van der Waals surface area contributed by atoms with Crippen molar-refractivity contribution in [2.75, 3.05) is 6.61 Å². The van der Waals surface area contributed by atoms with Crippen molar-refractivity contribution in [1.29, 1.82) is 0 Å². The molecule has 0 spiro atoms. The predicted molar refractivity (Wildman–Crippen MR) is 175 cm³/mol. The zero-order valence-corrected chi connectivity index (χ0v) is 29.6. The second kappa shape index (κ2) is 15.9. The van der Waals surface area contributed by atoms with Crippen molar-refractivity contribution in [1.82, 2.24) is 4.90 Å². The third-order valence-electron chi connectivity index (χ3n) is 7.18. The minimum Gasteiger partial charge on any atom is -0.458 e. The molecule has 3 rings (SSSR count). The maximum absolute atomic E-state index is 14.1. The van der Waals surface area contributed by atoms with Gasteiger partial charge in [0, 0.05) is 24.3 Å². The molecule has 0 aromatic heterocycles. The number of hydrogen-bond acceptors (Lipinski definition) is 13. The number of carbonyl (C=O) groups excluding carboxylic acids is 4. The molecule has 1 amide bonds. The maximum Gasteiger partial charge on any atom is 0.508 e. The number of hydrogen-bond donors (Lipinski definition) is 0. The van der Waals surface area contributed by atoms with Gasteiger partial charge in [0.25, 0.3) is 11.4 Å². The predicted octanol–water partition coefficient (Wildman–Crippen LogP) is 5.38. The van der Waals surface area contributed by atoms with Gasteiger partial charge in [-0.2, -0.15) is 0 Å². The van der Waals surface area contributed by atoms with Crippen molar-refractivity contribution >= 4 is 66.9 Å². The van der Waals surface area contributed by atoms with Crippen molar-refractivity contribution in [3.8, 4) is 0 Å². The van der Waals surface area contributed by atoms with Crippen LogP contribution in [0.3, 0.4) is 0 Å². The van der Waals surface area contributed by atoms with Gasteiger partial charge >= 0.3 is 12.1 Å². The molecule has 15 nitrogen and oxygen atoms in total. The largest absolute Gasteiger partial charge is 0.508 e. The van der Waals surface area contributed by atoms with Gasteiger partial charge in [0.2, 0.25) is 25.6 Å². The molecule has 0 N–H and O–H groups in total. The summed E-state index contributed by atoms with van der Waals surface area (Å²) in [5.41, 5.74) is -1.88. The SMILES string of the molecule is C[C@@H](OC(=O)OCc1ccc([N+](=O)[O-])cc1)[C@]1(SC(=O)CO[Si](C)C)C(=O)N(C(Cl)C(=O)OCc2ccc([N+](=O)[O-])cc2)[C@@H]1C(C)(C)C. The Kier molecular flexibility index (Phi) is 12.7. The third kappa shape index (κ3) is 9.09. The number of nitro benzene ring substituents is 2. The van der Waals surface area contributed by atoms with Gasteiger partial charge in [0.1, 0.15) is 25.9 Å². The summed E-state index contributed by atoms with van der Waals surface area (Å²) in [5, 5.41) is 21.3. The van der Waals surface area contributed by atoms with Crippen molar-refractivity contribution < 1.29 is 47.7 Å². The van der Waals surface area contributed by atoms with Gasteiger partial charge in [-0.15, -0.1) is 0 Å². The molecule has 4 atom stereocenters. The molecule has 0 bridgehead atoms. The lowest BCUT2D eigenvalue weighted by atomic mass is 9.68. The Balaban J connectivity index is 1.82. The van der Waals surface area contributed by atoms with Crippen LogP contribution in [0.15, 0.2) is 48.5 Å². The van der Waals surface area contributed by atoms with Crippen molar-refractivity contribution in [3.63, 3.8) is 0 Å². The van der Waals surface area contributed by atoms with Gasteiger partial charge in [-0.1, -0.05) is 44.1 Å². The quantitative estimate of drug-likeness (QED) is 0.0459. The highest BCUT2D eigenvalue weighted by Gasteiger charge is 2.71. The van der Waals surface area contributed by atoms with Gasteiger partial charge < -0.3 is 23.5 Å². The monoisotopic (exact) mass is 724 g/mol. The lowest BCUT2D eigenvalue weighted by molar-refractivity contribution is -0.385. The van der Waals surface area contributed by atoms with E-state index < -0.39 is 69.8 Å². The fourth-order valence-corrected chi connectivity index (χ4v) is 7.31. The Labute approximate surface area is 287 Å². The average Bonchev–Trinajstić information content (AvgIpc) is 3.02. The van der Waals surface area contributed by atoms with Crippen molar-refractivity contribution in [3.05, 3.63) is 79.9 Å². The second-order valence-corrected chi connectivity index (χ2v) is 15.9. The number of carbonyl (C=O) groups is 4. The first-order valence-electron chi connectivity index (χ1n) is 14.5. The number of rotatable bonds is 14. The number of β-lactam (4-membered cyclic amide) rings is 1. The lowest BCUT2D eigenvalue weighted by Crippen LogP contribution is -2.81. The van der Waals surface area contributed by atoms with Gasteiger partial charge in [-0.05, 0) is 60.8 Å². The molecule has 18 heteroatoms. The Morgan fingerprint density at radius 3 is 1.88 bits per heavy atom. The van der Waals surface area contributed by atoms with Crippen molar-refractivity contribution in [2.24, 2.45) is 5.41 Å². The summed E-state index contributed by atoms with van der Waals surface area (Å²) in [6.45, 7) is 9.49. The molecule has 259 valence electrons. The van der Waals surface area contributed by atoms with E-state index in [4.69, 9.17) is 30.2 Å². The second-order valence-electron chi connectivity index (χ2n) is 12.0. The summed E-state index contributed by atoms with van der Waals surface area (Å²) >= 11 is 7.17. The number of nitrogens with zero attached hydrogens (tertiary/aromatic N) is 3. The summed E-state index contributed by atoms with van der Waals surface area (Å²) in [6.07, 6.45) is -2.45. The van der Waals surface area contributed by atoms with E-state index in [0.29, 0.717) is 22.9 Å². The Morgan fingerprint density at radius 2 is 1.44 bits per heavy atom. The number of alkyl halides is 1. The summed E-state index contributed by atoms with van der Waals surface area (Å²) in [4.78, 5) is 75.0. The van der Waals surface area contributed by atoms with E-state index >= 15 is 0 Å². The molecular formula is C30H35ClN3O12SSi. The van der Waals surface area contributed by atoms with E-state index in [1.165, 1.54) is 55.5 Å². The Morgan fingerprint density at radius 1 is 0.958 bits per heavy atom. The van der Waals surface area contributed by atoms with E-state index in [2.05, 4.69) is 0 Å². The van der Waals surface area contributed by atoms with Crippen LogP contribution < -0.4 is 0 Å². The van der Waals surface area contributed by atoms with Gasteiger partial charge in [0.05, 0.1) is 15.9 Å². The summed E-state index contributed by atoms with van der Waals surface area (Å²) in [5.74, 6) is -1.74. The van der Waals surface area contributed by atoms with Crippen LogP contribution in [-0.2, 0) is 46.2 Å². The number of thioether (sulfide) groups is 1. The zero-order valence-electron chi connectivity index (χ0n) is 27.0. The normalized spacial score (nSPS) is 18.8. The smallest absolute Gasteiger partial charge is 0.458 e. The molecule has 1 saturated heterocycles. The molecule has 1 fully saturated rings. The molecule has 1 unspecified atom stereocenters. The summed E-state index contributed by atoms with van der Waals surface area (Å²) in [6, 6.07) is 9.69. The fraction of sp³-hybridized carbons (Fsp3) is 0.467. The maximum atomic E-state index is 14.1. The van der Waals surface area contributed by atoms with Crippen LogP contribution in [0.2, 0.25) is 13.1 Å². The highest BCUT2D eigenvalue weighted by Crippen LogP contribution is 2.54. The molecule has 0 saturated carbocycles. The number of benzene rings is 2. The van der Waals surface area contributed by atoms with E-state index in [0.717, 1.165) is 4.90 Å². The molecule has 1 heterocycles. The first-order chi connectivity index (χ1) is 22.4. The van der Waals surface area contributed by atoms with E-state index in [9.17, 15) is 39.4 Å². The minimum absolute atomic E-state index is 0.143. The molecular weight excluding hydrogens is 690 g/mol. The molecule has 48 heavy (non-hydrogen) atoms. The first-order valence-corrected chi connectivity index (χ1v) is 18.1. The average molecular weight is 725 g/mol. The molecule has 2 aromatic rings. The van der Waals surface area contributed by atoms with Gasteiger partial charge in [-0.25, -0.2) is 9.59 Å². The standard InChI is InChI=1S/C30H35ClN3O12SSi/c1-18(46-28(38)44-16-20-9-13-22(14-10-20)34(41)42)30(47-23(35)17-45-48(5)6)26(29(2,3)4)32(27(30)37)24(31)25(36)43-15-19-7-11-21(12-8-19)33(39)40/h7-14,18,24,26H,15-17H2,1-6H3/t18-,24?,26-,30-/m1/s1. The number of nitro groups is 2. The van der Waals surface area contributed by atoms with E-state index in [1.807, 2.05) is 13.1 Å². The van der Waals surface area contributed by atoms with Crippen LogP contribution in [-0.4, -0.2) is 75.9 Å². The molecule has 0 aliphatic carbocycles. The summed E-state index contributed by atoms with van der Waals surface area (Å²) in [7, 11) is -1.27. The zero-order chi connectivity index (χ0) is 36.0. The number of halogens is 1. The molecule has 2 aromatic carbocycles. The number of non-ortho nitro benzene ring substituents is 2. The molecule has 1 aliphatic rings. The topological polar surface area (TPSA) is 195 Å². The van der Waals surface area contributed by atoms with Crippen molar-refractivity contribution in [2.45, 2.75) is 76.4 Å². The van der Waals surface area contributed by atoms with Gasteiger partial charge in [0.15, 0.2) is 4.75 Å². The van der Waals surface area contributed by atoms with Crippen LogP contribution in [0.1, 0.15) is 38.8 Å². The number of amides is 1. The van der Waals surface area contributed by atoms with E-state index in [-0.39, 0.29) is 31.2 Å². The third-order valence-corrected chi connectivity index (χ3v) is 9.71. The summed E-state index contributed by atoms with van der Waals surface area (Å²) < 4.78 is 19.9. The van der Waals surface area contributed by atoms with E-state index in [1.54, 1.807) is 20.8 Å².